The first kappa shape index (κ1) is 112. The van der Waals surface area contributed by atoms with Crippen LogP contribution in [0.15, 0.2) is 233 Å². The molecule has 7 aromatic carbocycles. The monoisotopic (exact) mass is 1970 g/mol. The molecule has 6 heterocycles. The van der Waals surface area contributed by atoms with Crippen molar-refractivity contribution >= 4 is 108 Å². The van der Waals surface area contributed by atoms with Crippen molar-refractivity contribution in [1.82, 2.24) is 52.1 Å². The largest absolute Gasteiger partial charge is 1.00 e. The van der Waals surface area contributed by atoms with Gasteiger partial charge < -0.3 is 66.1 Å². The third-order valence-corrected chi connectivity index (χ3v) is 36.1. The van der Waals surface area contributed by atoms with E-state index in [0.29, 0.717) is 79.7 Å². The first-order chi connectivity index (χ1) is 60.7. The van der Waals surface area contributed by atoms with Gasteiger partial charge in [0, 0.05) is 79.0 Å². The first-order valence-corrected chi connectivity index (χ1v) is 50.2. The van der Waals surface area contributed by atoms with Crippen LogP contribution >= 0.6 is 31.9 Å². The summed E-state index contributed by atoms with van der Waals surface area (Å²) in [5.41, 5.74) is 14.1. The first-order valence-electron chi connectivity index (χ1n) is 41.2. The molecule has 0 bridgehead atoms. The Morgan fingerprint density at radius 3 is 1.21 bits per heavy atom. The number of carbonyl (C=O) groups excluding carboxylic acids is 10. The van der Waals surface area contributed by atoms with E-state index in [2.05, 4.69) is 178 Å². The number of aryl methyl sites for hydroxylation is 2. The summed E-state index contributed by atoms with van der Waals surface area (Å²) in [7, 11) is 7.84. The SMILES string of the molecule is CCC[CH2][Sn]([CH2]CCC)([CH2]CCC)[c]1cc(CC)no1.CCc1cc(-c2ccccc2C(=O)NC)on1.CN.CNC(=O)c1ccccc1-c1cc(C(=O)N2CCC(c3ccccc3)CC2)no1.CNC(=O)c1ccccc1-c1cc(OC=O)no1.CNC(=O)c1ccccc1Br.O=C(O)c1ccccc1Br.O=C=O.O=C=O.[Li+].[OH-].c1ccc(C2CCNCC2)cc1. The maximum Gasteiger partial charge on any atom is 1.00 e. The average Bonchev–Trinajstić information content (AvgIpc) is 1.72. The molecule has 9 N–H and O–H groups in total. The van der Waals surface area contributed by atoms with E-state index in [1.807, 2.05) is 66.4 Å². The molecule has 0 radical (unpaired) electrons. The quantitative estimate of drug-likeness (QED) is 0.0206. The number of piperidine rings is 2. The second kappa shape index (κ2) is 64.4. The molecule has 2 aliphatic heterocycles. The number of rotatable bonds is 25. The summed E-state index contributed by atoms with van der Waals surface area (Å²) in [6.45, 7) is 15.1. The van der Waals surface area contributed by atoms with Crippen LogP contribution in [0.5, 0.6) is 5.88 Å². The van der Waals surface area contributed by atoms with E-state index in [-0.39, 0.29) is 84.2 Å². The number of nitrogens with zero attached hydrogens (tertiary/aromatic N) is 5. The van der Waals surface area contributed by atoms with Gasteiger partial charge in [-0.05, 0) is 155 Å². The number of likely N-dealkylation sites (tertiary alicyclic amines) is 1. The molecule has 11 aromatic rings. The normalized spacial score (nSPS) is 11.5. The summed E-state index contributed by atoms with van der Waals surface area (Å²) in [5, 5.41) is 38.0. The second-order valence-corrected chi connectivity index (χ2v) is 42.5. The van der Waals surface area contributed by atoms with Gasteiger partial charge in [0.2, 0.25) is 0 Å². The Morgan fingerprint density at radius 2 is 0.835 bits per heavy atom. The summed E-state index contributed by atoms with van der Waals surface area (Å²) >= 11 is 4.06. The van der Waals surface area contributed by atoms with Crippen LogP contribution in [0.4, 0.5) is 0 Å². The van der Waals surface area contributed by atoms with Crippen LogP contribution in [0, 0.1) is 0 Å². The molecule has 29 nitrogen and oxygen atoms in total. The molecule has 33 heteroatoms. The van der Waals surface area contributed by atoms with Crippen LogP contribution in [0.1, 0.15) is 195 Å². The topological polar surface area (TPSA) is 441 Å². The molecule has 13 rings (SSSR count). The standard InChI is InChI=1S/C23H23N3O3.C13H14N2O2.C12H10N2O4.C11H15N.C8H8BrNO.C7H5BrO2.C5H6NO.3C4H9.CH5N.2CO2.Li.H2O.Sn/c1-24-22(27)19-10-6-5-9-18(19)21-15-20(25-29-21)23(28)26-13-11-17(12-14-26)16-7-3-2-4-8-16;1-3-9-8-12(17-15-9)10-6-4-5-7-11(10)13(16)14-2;1-13-12(16)9-5-3-2-4-8(9)10-6-11(14-18-10)17-7-15;1-2-4-10(5-3-1)11-6-8-12-9-7-11;1-10-8(11)6-4-2-3-5-7(6)9;8-6-4-2-1-3-5(6)7(9)10;1-2-5-3-4-7-6-5;3*1-3-4-2;1-2;2*2-1-3;;;/h2-10,15,17H,11-14H2,1H3,(H,24,27);4-8H,3H2,1-2H3,(H,14,16);2-7H,1H3,(H,13,16);1-5,11-12H,6-9H2;2-5H,1H3,(H,10,11);1-4H,(H,9,10);3H,2H2,1H3;3*1,3-4H2,2H3;2H2,1H3;;;;1H2;/q;;;;;;;;;;;;;+1;;/p-1. The van der Waals surface area contributed by atoms with E-state index in [9.17, 15) is 33.6 Å². The number of aromatic carboxylic acids is 1. The number of nitrogens with one attached hydrogen (secondary N) is 5. The van der Waals surface area contributed by atoms with Crippen molar-refractivity contribution in [3.05, 3.63) is 271 Å². The molecule has 2 saturated heterocycles. The number of carboxylic acids is 1. The number of carboxylic acid groups (broad SMARTS) is 1. The number of hydrogen-bond acceptors (Lipinski definition) is 23. The molecule has 5 amide bonds. The molecule has 0 atom stereocenters. The van der Waals surface area contributed by atoms with E-state index in [4.69, 9.17) is 42.4 Å². The summed E-state index contributed by atoms with van der Waals surface area (Å²) in [4.78, 5) is 114. The predicted octanol–water partition coefficient (Wildman–Crippen LogP) is 13.9. The Kier molecular flexibility index (Phi) is 56.7. The van der Waals surface area contributed by atoms with Gasteiger partial charge in [0.1, 0.15) is 0 Å². The molecular weight excluding hydrogens is 1860 g/mol. The average molecular weight is 1970 g/mol. The molecule has 4 aromatic heterocycles. The Hall–Kier alpha value is -11.3. The molecule has 2 fully saturated rings. The fraction of sp³-hybridized carbons (Fsp3) is 0.330. The fourth-order valence-corrected chi connectivity index (χ4v) is 29.3. The molecular formula is C94H114Br2LiN11O18Sn. The summed E-state index contributed by atoms with van der Waals surface area (Å²) < 4.78 is 33.3. The van der Waals surface area contributed by atoms with Gasteiger partial charge >= 0.3 is 167 Å². The molecule has 0 aliphatic carbocycles. The van der Waals surface area contributed by atoms with Crippen molar-refractivity contribution in [3.63, 3.8) is 0 Å². The smallest absolute Gasteiger partial charge is 0.870 e. The number of aromatic nitrogens is 4. The van der Waals surface area contributed by atoms with E-state index in [0.717, 1.165) is 53.0 Å². The summed E-state index contributed by atoms with van der Waals surface area (Å²) in [6.07, 6.45) is 14.8. The number of halogens is 2. The van der Waals surface area contributed by atoms with Gasteiger partial charge in [0.15, 0.2) is 23.0 Å². The van der Waals surface area contributed by atoms with Crippen LogP contribution in [0.2, 0.25) is 13.3 Å². The van der Waals surface area contributed by atoms with Crippen molar-refractivity contribution in [2.75, 3.05) is 61.4 Å². The maximum atomic E-state index is 12.9. The number of hydrogen-bond donors (Lipinski definition) is 7. The molecule has 0 unspecified atom stereocenters. The second-order valence-electron chi connectivity index (χ2n) is 27.8. The van der Waals surface area contributed by atoms with E-state index in [1.165, 1.54) is 106 Å². The van der Waals surface area contributed by atoms with Gasteiger partial charge in [-0.15, -0.1) is 0 Å². The number of ether oxygens (including phenoxy) is 1. The number of benzene rings is 7. The molecule has 2 aliphatic rings. The number of amides is 5. The third-order valence-electron chi connectivity index (χ3n) is 19.9. The third kappa shape index (κ3) is 37.3. The van der Waals surface area contributed by atoms with Gasteiger partial charge in [-0.2, -0.15) is 19.2 Å². The van der Waals surface area contributed by atoms with Crippen LogP contribution in [0.25, 0.3) is 34.0 Å². The minimum atomic E-state index is -2.33. The Morgan fingerprint density at radius 1 is 0.488 bits per heavy atom. The zero-order valence-electron chi connectivity index (χ0n) is 73.8. The van der Waals surface area contributed by atoms with E-state index < -0.39 is 24.3 Å². The van der Waals surface area contributed by atoms with Crippen molar-refractivity contribution in [1.29, 1.82) is 0 Å². The van der Waals surface area contributed by atoms with Crippen LogP contribution in [-0.4, -0.2) is 170 Å². The van der Waals surface area contributed by atoms with E-state index in [1.54, 1.807) is 113 Å². The van der Waals surface area contributed by atoms with Crippen LogP contribution < -0.4 is 59.7 Å². The van der Waals surface area contributed by atoms with Crippen molar-refractivity contribution in [3.8, 4) is 39.9 Å². The zero-order chi connectivity index (χ0) is 91.7. The number of unbranched alkanes of at least 4 members (excludes halogenated alkanes) is 3. The van der Waals surface area contributed by atoms with Gasteiger partial charge in [0.25, 0.3) is 41.9 Å². The van der Waals surface area contributed by atoms with Gasteiger partial charge in [0.05, 0.1) is 39.6 Å². The number of carbonyl (C=O) groups is 7. The summed E-state index contributed by atoms with van der Waals surface area (Å²) in [6, 6.07) is 63.8. The van der Waals surface area contributed by atoms with Crippen molar-refractivity contribution in [2.45, 2.75) is 137 Å². The van der Waals surface area contributed by atoms with Crippen LogP contribution in [-0.2, 0) is 36.8 Å². The molecule has 0 spiro atoms. The van der Waals surface area contributed by atoms with E-state index >= 15 is 0 Å². The summed E-state index contributed by atoms with van der Waals surface area (Å²) in [5.74, 6) is 1.02. The van der Waals surface area contributed by atoms with Crippen molar-refractivity contribution in [2.24, 2.45) is 5.73 Å². The van der Waals surface area contributed by atoms with Gasteiger partial charge in [-0.1, -0.05) is 157 Å². The Bertz CT molecular complexity index is 5070. The molecule has 0 saturated carbocycles. The Labute approximate surface area is 774 Å². The van der Waals surface area contributed by atoms with Crippen molar-refractivity contribution < 1.29 is 105 Å². The van der Waals surface area contributed by atoms with Gasteiger partial charge in [-0.3, -0.25) is 28.8 Å². The zero-order valence-corrected chi connectivity index (χ0v) is 79.8. The number of nitrogens with two attached hydrogens (primary N) is 1. The van der Waals surface area contributed by atoms with Gasteiger partial charge in [-0.25, -0.2) is 4.79 Å². The fourth-order valence-electron chi connectivity index (χ4n) is 13.3. The minimum Gasteiger partial charge on any atom is -0.870 e. The predicted molar refractivity (Wildman–Crippen MR) is 489 cm³/mol. The Balaban J connectivity index is 0.000000506. The molecule has 672 valence electrons. The molecule has 127 heavy (non-hydrogen) atoms. The minimum absolute atomic E-state index is 0. The maximum absolute atomic E-state index is 12.9. The van der Waals surface area contributed by atoms with Crippen LogP contribution in [0.3, 0.4) is 0 Å².